The van der Waals surface area contributed by atoms with Gasteiger partial charge in [-0.1, -0.05) is 30.3 Å². The summed E-state index contributed by atoms with van der Waals surface area (Å²) < 4.78 is 5.17. The molecule has 7 heteroatoms. The van der Waals surface area contributed by atoms with Crippen molar-refractivity contribution in [1.29, 1.82) is 5.26 Å². The number of rotatable bonds is 6. The SMILES string of the molecule is CC(C)(C)OC(=O)NC(Cc1ccccc1)C(=O)NC(C#N)CO. The van der Waals surface area contributed by atoms with Gasteiger partial charge in [0, 0.05) is 6.42 Å². The van der Waals surface area contributed by atoms with Crippen molar-refractivity contribution in [2.45, 2.75) is 44.9 Å². The number of amides is 2. The Hall–Kier alpha value is -2.59. The molecule has 0 radical (unpaired) electrons. The summed E-state index contributed by atoms with van der Waals surface area (Å²) >= 11 is 0. The van der Waals surface area contributed by atoms with Crippen LogP contribution < -0.4 is 10.6 Å². The highest BCUT2D eigenvalue weighted by molar-refractivity contribution is 5.86. The van der Waals surface area contributed by atoms with Crippen LogP contribution in [0.15, 0.2) is 30.3 Å². The van der Waals surface area contributed by atoms with Gasteiger partial charge in [0.2, 0.25) is 5.91 Å². The van der Waals surface area contributed by atoms with Crippen LogP contribution in [0.1, 0.15) is 26.3 Å². The molecule has 2 amide bonds. The van der Waals surface area contributed by atoms with Crippen LogP contribution in [0, 0.1) is 11.3 Å². The van der Waals surface area contributed by atoms with Crippen LogP contribution in [0.2, 0.25) is 0 Å². The van der Waals surface area contributed by atoms with Gasteiger partial charge >= 0.3 is 6.09 Å². The third-order valence-corrected chi connectivity index (χ3v) is 2.95. The molecule has 0 bridgehead atoms. The molecule has 0 aliphatic heterocycles. The van der Waals surface area contributed by atoms with E-state index in [1.807, 2.05) is 30.3 Å². The number of hydrogen-bond acceptors (Lipinski definition) is 5. The van der Waals surface area contributed by atoms with E-state index in [9.17, 15) is 9.59 Å². The Morgan fingerprint density at radius 1 is 1.25 bits per heavy atom. The predicted octanol–water partition coefficient (Wildman–Crippen LogP) is 1.12. The summed E-state index contributed by atoms with van der Waals surface area (Å²) in [4.78, 5) is 24.3. The zero-order chi connectivity index (χ0) is 18.2. The highest BCUT2D eigenvalue weighted by atomic mass is 16.6. The van der Waals surface area contributed by atoms with Crippen LogP contribution in [0.5, 0.6) is 0 Å². The second kappa shape index (κ2) is 8.89. The second-order valence-electron chi connectivity index (χ2n) is 6.26. The number of nitrogens with zero attached hydrogens (tertiary/aromatic N) is 1. The number of hydrogen-bond donors (Lipinski definition) is 3. The first kappa shape index (κ1) is 19.5. The number of ether oxygens (including phenoxy) is 1. The van der Waals surface area contributed by atoms with Gasteiger partial charge in [0.25, 0.3) is 0 Å². The van der Waals surface area contributed by atoms with E-state index in [4.69, 9.17) is 15.1 Å². The maximum absolute atomic E-state index is 12.3. The van der Waals surface area contributed by atoms with Gasteiger partial charge in [0.15, 0.2) is 0 Å². The highest BCUT2D eigenvalue weighted by Gasteiger charge is 2.26. The van der Waals surface area contributed by atoms with Gasteiger partial charge in [0.1, 0.15) is 17.7 Å². The van der Waals surface area contributed by atoms with E-state index in [1.54, 1.807) is 26.8 Å². The smallest absolute Gasteiger partial charge is 0.408 e. The average Bonchev–Trinajstić information content (AvgIpc) is 2.51. The fourth-order valence-electron chi connectivity index (χ4n) is 1.90. The molecule has 1 rings (SSSR count). The van der Waals surface area contributed by atoms with Gasteiger partial charge < -0.3 is 20.5 Å². The number of carbonyl (C=O) groups excluding carboxylic acids is 2. The summed E-state index contributed by atoms with van der Waals surface area (Å²) in [7, 11) is 0. The summed E-state index contributed by atoms with van der Waals surface area (Å²) in [5.74, 6) is -0.565. The normalized spacial score (nSPS) is 13.3. The van der Waals surface area contributed by atoms with E-state index in [0.717, 1.165) is 5.56 Å². The van der Waals surface area contributed by atoms with Crippen LogP contribution in [-0.4, -0.2) is 41.4 Å². The van der Waals surface area contributed by atoms with Crippen molar-refractivity contribution in [3.63, 3.8) is 0 Å². The maximum Gasteiger partial charge on any atom is 0.408 e. The van der Waals surface area contributed by atoms with Gasteiger partial charge in [0.05, 0.1) is 12.7 Å². The van der Waals surface area contributed by atoms with Crippen molar-refractivity contribution in [2.75, 3.05) is 6.61 Å². The molecule has 0 aliphatic carbocycles. The Morgan fingerprint density at radius 2 is 1.88 bits per heavy atom. The van der Waals surface area contributed by atoms with Gasteiger partial charge in [-0.05, 0) is 26.3 Å². The average molecular weight is 333 g/mol. The van der Waals surface area contributed by atoms with E-state index in [-0.39, 0.29) is 6.42 Å². The number of aliphatic hydroxyl groups excluding tert-OH is 1. The molecule has 0 saturated carbocycles. The lowest BCUT2D eigenvalue weighted by Gasteiger charge is -2.24. The number of aliphatic hydroxyl groups is 1. The summed E-state index contributed by atoms with van der Waals surface area (Å²) in [5.41, 5.74) is 0.143. The molecule has 2 unspecified atom stereocenters. The topological polar surface area (TPSA) is 111 Å². The van der Waals surface area contributed by atoms with Gasteiger partial charge in [-0.15, -0.1) is 0 Å². The van der Waals surface area contributed by atoms with Gasteiger partial charge in [-0.2, -0.15) is 5.26 Å². The number of nitriles is 1. The molecule has 2 atom stereocenters. The molecular formula is C17H23N3O4. The fraction of sp³-hybridized carbons (Fsp3) is 0.471. The van der Waals surface area contributed by atoms with Crippen molar-refractivity contribution in [2.24, 2.45) is 0 Å². The highest BCUT2D eigenvalue weighted by Crippen LogP contribution is 2.09. The Bertz CT molecular complexity index is 590. The quantitative estimate of drug-likeness (QED) is 0.722. The van der Waals surface area contributed by atoms with Crippen molar-refractivity contribution in [3.05, 3.63) is 35.9 Å². The zero-order valence-corrected chi connectivity index (χ0v) is 14.1. The first-order valence-corrected chi connectivity index (χ1v) is 7.59. The van der Waals surface area contributed by atoms with Gasteiger partial charge in [-0.25, -0.2) is 4.79 Å². The molecule has 130 valence electrons. The van der Waals surface area contributed by atoms with Crippen LogP contribution in [0.25, 0.3) is 0 Å². The summed E-state index contributed by atoms with van der Waals surface area (Å²) in [6, 6.07) is 8.95. The number of nitrogens with one attached hydrogen (secondary N) is 2. The third-order valence-electron chi connectivity index (χ3n) is 2.95. The standard InChI is InChI=1S/C17H23N3O4/c1-17(2,3)24-16(23)20-14(9-12-7-5-4-6-8-12)15(22)19-13(10-18)11-21/h4-8,13-14,21H,9,11H2,1-3H3,(H,19,22)(H,20,23). The third kappa shape index (κ3) is 7.11. The molecule has 1 aromatic carbocycles. The number of carbonyl (C=O) groups is 2. The van der Waals surface area contributed by atoms with E-state index in [0.29, 0.717) is 0 Å². The molecule has 0 saturated heterocycles. The lowest BCUT2D eigenvalue weighted by molar-refractivity contribution is -0.123. The van der Waals surface area contributed by atoms with Crippen LogP contribution in [-0.2, 0) is 16.0 Å². The van der Waals surface area contributed by atoms with Crippen LogP contribution >= 0.6 is 0 Å². The minimum absolute atomic E-state index is 0.232. The summed E-state index contributed by atoms with van der Waals surface area (Å²) in [6.45, 7) is 4.65. The van der Waals surface area contributed by atoms with Crippen molar-refractivity contribution in [3.8, 4) is 6.07 Å². The molecule has 1 aromatic rings. The molecular weight excluding hydrogens is 310 g/mol. The van der Waals surface area contributed by atoms with Crippen molar-refractivity contribution >= 4 is 12.0 Å². The Balaban J connectivity index is 2.84. The number of alkyl carbamates (subject to hydrolysis) is 1. The van der Waals surface area contributed by atoms with E-state index >= 15 is 0 Å². The monoisotopic (exact) mass is 333 g/mol. The molecule has 3 N–H and O–H groups in total. The number of benzene rings is 1. The predicted molar refractivity (Wildman–Crippen MR) is 87.9 cm³/mol. The van der Waals surface area contributed by atoms with Crippen LogP contribution in [0.4, 0.5) is 4.79 Å². The molecule has 0 aromatic heterocycles. The maximum atomic E-state index is 12.3. The molecule has 0 fully saturated rings. The minimum atomic E-state index is -1.03. The summed E-state index contributed by atoms with van der Waals surface area (Å²) in [6.07, 6.45) is -0.494. The van der Waals surface area contributed by atoms with Crippen molar-refractivity contribution in [1.82, 2.24) is 10.6 Å². The van der Waals surface area contributed by atoms with Crippen molar-refractivity contribution < 1.29 is 19.4 Å². The molecule has 24 heavy (non-hydrogen) atoms. The zero-order valence-electron chi connectivity index (χ0n) is 14.1. The molecule has 0 spiro atoms. The Labute approximate surface area is 141 Å². The molecule has 7 nitrogen and oxygen atoms in total. The summed E-state index contributed by atoms with van der Waals surface area (Å²) in [5, 5.41) is 22.8. The van der Waals surface area contributed by atoms with E-state index < -0.39 is 36.3 Å². The van der Waals surface area contributed by atoms with E-state index in [2.05, 4.69) is 10.6 Å². The fourth-order valence-corrected chi connectivity index (χ4v) is 1.90. The second-order valence-corrected chi connectivity index (χ2v) is 6.26. The first-order valence-electron chi connectivity index (χ1n) is 7.59. The Kier molecular flexibility index (Phi) is 7.21. The Morgan fingerprint density at radius 3 is 2.38 bits per heavy atom. The minimum Gasteiger partial charge on any atom is -0.444 e. The first-order chi connectivity index (χ1) is 11.2. The molecule has 0 heterocycles. The van der Waals surface area contributed by atoms with Crippen LogP contribution in [0.3, 0.4) is 0 Å². The lowest BCUT2D eigenvalue weighted by atomic mass is 10.1. The van der Waals surface area contributed by atoms with E-state index in [1.165, 1.54) is 0 Å². The largest absolute Gasteiger partial charge is 0.444 e. The molecule has 0 aliphatic rings. The van der Waals surface area contributed by atoms with Gasteiger partial charge in [-0.3, -0.25) is 4.79 Å². The lowest BCUT2D eigenvalue weighted by Crippen LogP contribution is -2.52.